The second kappa shape index (κ2) is 9.79. The average molecular weight is 484 g/mol. The van der Waals surface area contributed by atoms with Crippen molar-refractivity contribution >= 4 is 37.6 Å². The molecule has 0 aromatic heterocycles. The zero-order chi connectivity index (χ0) is 19.3. The van der Waals surface area contributed by atoms with Gasteiger partial charge in [0.15, 0.2) is 0 Å². The molecule has 140 valence electrons. The number of hydrogen-bond acceptors (Lipinski definition) is 3. The highest BCUT2D eigenvalue weighted by atomic mass is 79.9. The monoisotopic (exact) mass is 482 g/mol. The SMILES string of the molecule is CC(O)c1ccc(C(CBr)C(=O)C(CBr)c2ccc(C(C)O)cc2)cc1. The standard InChI is InChI=1S/C21H24Br2O3/c1-13(24)15-3-7-17(8-4-15)19(11-22)21(26)20(12-23)18-9-5-16(6-10-18)14(2)25/h3-10,13-14,19-20,24-25H,11-12H2,1-2H3. The Morgan fingerprint density at radius 2 is 1.00 bits per heavy atom. The Hall–Kier alpha value is -1.01. The lowest BCUT2D eigenvalue weighted by molar-refractivity contribution is -0.121. The Bertz CT molecular complexity index is 648. The first kappa shape index (κ1) is 21.3. The van der Waals surface area contributed by atoms with Crippen LogP contribution in [0.3, 0.4) is 0 Å². The zero-order valence-electron chi connectivity index (χ0n) is 14.9. The molecule has 2 aromatic carbocycles. The number of benzene rings is 2. The van der Waals surface area contributed by atoms with E-state index in [0.717, 1.165) is 22.3 Å². The fourth-order valence-corrected chi connectivity index (χ4v) is 4.30. The van der Waals surface area contributed by atoms with E-state index < -0.39 is 12.2 Å². The topological polar surface area (TPSA) is 57.5 Å². The normalized spacial score (nSPS) is 15.9. The molecule has 0 aliphatic heterocycles. The summed E-state index contributed by atoms with van der Waals surface area (Å²) in [7, 11) is 0. The summed E-state index contributed by atoms with van der Waals surface area (Å²) in [6, 6.07) is 15.1. The third-order valence-corrected chi connectivity index (χ3v) is 5.93. The van der Waals surface area contributed by atoms with Crippen LogP contribution in [0.1, 0.15) is 60.1 Å². The molecule has 0 spiro atoms. The van der Waals surface area contributed by atoms with Crippen LogP contribution >= 0.6 is 31.9 Å². The highest BCUT2D eigenvalue weighted by Gasteiger charge is 2.28. The Morgan fingerprint density at radius 3 is 1.23 bits per heavy atom. The van der Waals surface area contributed by atoms with E-state index in [2.05, 4.69) is 31.9 Å². The summed E-state index contributed by atoms with van der Waals surface area (Å²) in [5, 5.41) is 20.4. The number of halogens is 2. The molecule has 0 fully saturated rings. The minimum Gasteiger partial charge on any atom is -0.389 e. The van der Waals surface area contributed by atoms with Crippen LogP contribution in [-0.2, 0) is 4.79 Å². The van der Waals surface area contributed by atoms with Gasteiger partial charge in [0.2, 0.25) is 0 Å². The van der Waals surface area contributed by atoms with Crippen LogP contribution in [0, 0.1) is 0 Å². The van der Waals surface area contributed by atoms with Crippen LogP contribution in [0.15, 0.2) is 48.5 Å². The molecule has 0 heterocycles. The molecule has 2 aromatic rings. The number of alkyl halides is 2. The lowest BCUT2D eigenvalue weighted by atomic mass is 9.85. The van der Waals surface area contributed by atoms with Crippen LogP contribution in [0.2, 0.25) is 0 Å². The largest absolute Gasteiger partial charge is 0.389 e. The maximum atomic E-state index is 13.2. The second-order valence-electron chi connectivity index (χ2n) is 6.50. The molecule has 2 N–H and O–H groups in total. The molecule has 26 heavy (non-hydrogen) atoms. The van der Waals surface area contributed by atoms with Gasteiger partial charge in [0.1, 0.15) is 5.78 Å². The van der Waals surface area contributed by atoms with E-state index in [1.165, 1.54) is 0 Å². The third-order valence-electron chi connectivity index (χ3n) is 4.64. The third kappa shape index (κ3) is 5.03. The number of hydrogen-bond donors (Lipinski definition) is 2. The van der Waals surface area contributed by atoms with Crippen molar-refractivity contribution in [2.75, 3.05) is 10.7 Å². The van der Waals surface area contributed by atoms with Gasteiger partial charge in [-0.3, -0.25) is 4.79 Å². The number of aliphatic hydroxyl groups is 2. The summed E-state index contributed by atoms with van der Waals surface area (Å²) in [4.78, 5) is 13.2. The zero-order valence-corrected chi connectivity index (χ0v) is 18.1. The van der Waals surface area contributed by atoms with Gasteiger partial charge >= 0.3 is 0 Å². The van der Waals surface area contributed by atoms with Crippen LogP contribution < -0.4 is 0 Å². The molecule has 5 heteroatoms. The summed E-state index contributed by atoms with van der Waals surface area (Å²) in [6.45, 7) is 3.44. The van der Waals surface area contributed by atoms with Crippen LogP contribution in [0.5, 0.6) is 0 Å². The summed E-state index contributed by atoms with van der Waals surface area (Å²) >= 11 is 6.97. The summed E-state index contributed by atoms with van der Waals surface area (Å²) < 4.78 is 0. The molecule has 3 nitrogen and oxygen atoms in total. The van der Waals surface area contributed by atoms with Gasteiger partial charge in [0.25, 0.3) is 0 Å². The van der Waals surface area contributed by atoms with E-state index in [0.29, 0.717) is 10.7 Å². The van der Waals surface area contributed by atoms with Crippen molar-refractivity contribution in [1.29, 1.82) is 0 Å². The lowest BCUT2D eigenvalue weighted by Crippen LogP contribution is -2.23. The van der Waals surface area contributed by atoms with Crippen LogP contribution in [-0.4, -0.2) is 26.7 Å². The molecule has 0 saturated heterocycles. The molecule has 0 aliphatic carbocycles. The van der Waals surface area contributed by atoms with Gasteiger partial charge in [0, 0.05) is 10.7 Å². The van der Waals surface area contributed by atoms with E-state index in [4.69, 9.17) is 0 Å². The van der Waals surface area contributed by atoms with Gasteiger partial charge in [-0.25, -0.2) is 0 Å². The number of carbonyl (C=O) groups is 1. The fourth-order valence-electron chi connectivity index (χ4n) is 2.92. The van der Waals surface area contributed by atoms with Gasteiger partial charge in [-0.05, 0) is 36.1 Å². The first-order valence-electron chi connectivity index (χ1n) is 8.60. The van der Waals surface area contributed by atoms with Crippen molar-refractivity contribution in [3.05, 3.63) is 70.8 Å². The van der Waals surface area contributed by atoms with Crippen molar-refractivity contribution in [1.82, 2.24) is 0 Å². The molecule has 0 bridgehead atoms. The van der Waals surface area contributed by atoms with E-state index in [1.54, 1.807) is 13.8 Å². The van der Waals surface area contributed by atoms with E-state index >= 15 is 0 Å². The molecular weight excluding hydrogens is 460 g/mol. The Balaban J connectivity index is 2.26. The first-order valence-corrected chi connectivity index (χ1v) is 10.8. The predicted octanol–water partition coefficient (Wildman–Crippen LogP) is 5.02. The maximum absolute atomic E-state index is 13.2. The number of aliphatic hydroxyl groups excluding tert-OH is 2. The number of ketones is 1. The summed E-state index contributed by atoms with van der Waals surface area (Å²) in [5.41, 5.74) is 3.53. The van der Waals surface area contributed by atoms with E-state index in [-0.39, 0.29) is 17.6 Å². The van der Waals surface area contributed by atoms with Gasteiger partial charge in [-0.1, -0.05) is 80.4 Å². The van der Waals surface area contributed by atoms with Crippen molar-refractivity contribution in [3.8, 4) is 0 Å². The van der Waals surface area contributed by atoms with Crippen molar-refractivity contribution in [2.45, 2.75) is 37.9 Å². The highest BCUT2D eigenvalue weighted by Crippen LogP contribution is 2.31. The quantitative estimate of drug-likeness (QED) is 0.518. The highest BCUT2D eigenvalue weighted by molar-refractivity contribution is 9.09. The minimum atomic E-state index is -0.523. The molecule has 0 saturated carbocycles. The molecule has 4 atom stereocenters. The Labute approximate surface area is 171 Å². The van der Waals surface area contributed by atoms with Crippen molar-refractivity contribution in [2.24, 2.45) is 0 Å². The van der Waals surface area contributed by atoms with Crippen molar-refractivity contribution in [3.63, 3.8) is 0 Å². The van der Waals surface area contributed by atoms with Gasteiger partial charge < -0.3 is 10.2 Å². The minimum absolute atomic E-state index is 0.133. The molecule has 0 radical (unpaired) electrons. The van der Waals surface area contributed by atoms with Crippen LogP contribution in [0.4, 0.5) is 0 Å². The maximum Gasteiger partial charge on any atom is 0.149 e. The van der Waals surface area contributed by atoms with Crippen LogP contribution in [0.25, 0.3) is 0 Å². The molecule has 2 rings (SSSR count). The second-order valence-corrected chi connectivity index (χ2v) is 7.80. The lowest BCUT2D eigenvalue weighted by Gasteiger charge is -2.21. The van der Waals surface area contributed by atoms with E-state index in [1.807, 2.05) is 48.5 Å². The fraction of sp³-hybridized carbons (Fsp3) is 0.381. The average Bonchev–Trinajstić information content (AvgIpc) is 2.64. The Kier molecular flexibility index (Phi) is 8.02. The van der Waals surface area contributed by atoms with E-state index in [9.17, 15) is 15.0 Å². The Morgan fingerprint density at radius 1 is 0.731 bits per heavy atom. The number of Topliss-reactive ketones (excluding diaryl/α,β-unsaturated/α-hetero) is 1. The molecular formula is C21H24Br2O3. The molecule has 0 amide bonds. The first-order chi connectivity index (χ1) is 12.4. The predicted molar refractivity (Wildman–Crippen MR) is 112 cm³/mol. The smallest absolute Gasteiger partial charge is 0.149 e. The number of carbonyl (C=O) groups excluding carboxylic acids is 1. The molecule has 4 unspecified atom stereocenters. The van der Waals surface area contributed by atoms with Gasteiger partial charge in [-0.15, -0.1) is 0 Å². The van der Waals surface area contributed by atoms with Gasteiger partial charge in [-0.2, -0.15) is 0 Å². The molecule has 0 aliphatic rings. The van der Waals surface area contributed by atoms with Crippen molar-refractivity contribution < 1.29 is 15.0 Å². The summed E-state index contributed by atoms with van der Waals surface area (Å²) in [6.07, 6.45) is -1.05. The summed E-state index contributed by atoms with van der Waals surface area (Å²) in [5.74, 6) is -0.401. The number of rotatable bonds is 8. The van der Waals surface area contributed by atoms with Gasteiger partial charge in [0.05, 0.1) is 24.0 Å².